The topological polar surface area (TPSA) is 59.6 Å². The number of hydrogen-bond donors (Lipinski definition) is 2. The highest BCUT2D eigenvalue weighted by Gasteiger charge is 2.20. The van der Waals surface area contributed by atoms with Crippen molar-refractivity contribution >= 4 is 5.91 Å². The Balaban J connectivity index is 2.03. The van der Waals surface area contributed by atoms with Gasteiger partial charge in [0.25, 0.3) is 5.91 Å². The molecular weight excluding hydrogens is 208 g/mol. The van der Waals surface area contributed by atoms with Crippen molar-refractivity contribution in [1.29, 1.82) is 0 Å². The summed E-state index contributed by atoms with van der Waals surface area (Å²) in [5.74, 6) is -0.0777. The number of hydrogen-bond acceptors (Lipinski definition) is 4. The van der Waals surface area contributed by atoms with Gasteiger partial charge in [-0.25, -0.2) is 0 Å². The standard InChI is InChI=1S/C11H20N2O3/c1-9(2)8-15-5-4-13-11(14)10-7-12-3-6-16-10/h10,12H,1,3-8H2,2H3,(H,13,14). The molecule has 1 saturated heterocycles. The van der Waals surface area contributed by atoms with Gasteiger partial charge in [0.05, 0.1) is 19.8 Å². The smallest absolute Gasteiger partial charge is 0.250 e. The fraction of sp³-hybridized carbons (Fsp3) is 0.727. The Kier molecular flexibility index (Phi) is 6.07. The van der Waals surface area contributed by atoms with Crippen molar-refractivity contribution in [3.63, 3.8) is 0 Å². The van der Waals surface area contributed by atoms with E-state index in [0.717, 1.165) is 12.1 Å². The summed E-state index contributed by atoms with van der Waals surface area (Å²) < 4.78 is 10.6. The Hall–Kier alpha value is -0.910. The number of rotatable bonds is 6. The monoisotopic (exact) mass is 228 g/mol. The molecule has 1 atom stereocenters. The molecule has 0 aromatic rings. The molecule has 5 nitrogen and oxygen atoms in total. The second kappa shape index (κ2) is 7.38. The van der Waals surface area contributed by atoms with Crippen LogP contribution in [-0.2, 0) is 14.3 Å². The first kappa shape index (κ1) is 13.2. The molecule has 1 aliphatic rings. The first-order valence-electron chi connectivity index (χ1n) is 5.52. The lowest BCUT2D eigenvalue weighted by Gasteiger charge is -2.22. The summed E-state index contributed by atoms with van der Waals surface area (Å²) in [7, 11) is 0. The highest BCUT2D eigenvalue weighted by molar-refractivity contribution is 5.81. The SMILES string of the molecule is C=C(C)COCCNC(=O)C1CNCCO1. The van der Waals surface area contributed by atoms with Crippen LogP contribution in [0.3, 0.4) is 0 Å². The van der Waals surface area contributed by atoms with E-state index in [9.17, 15) is 4.79 Å². The quantitative estimate of drug-likeness (QED) is 0.483. The summed E-state index contributed by atoms with van der Waals surface area (Å²) >= 11 is 0. The number of morpholine rings is 1. The van der Waals surface area contributed by atoms with Gasteiger partial charge in [-0.1, -0.05) is 12.2 Å². The van der Waals surface area contributed by atoms with E-state index in [1.54, 1.807) is 0 Å². The highest BCUT2D eigenvalue weighted by Crippen LogP contribution is 1.95. The van der Waals surface area contributed by atoms with Crippen LogP contribution in [0.15, 0.2) is 12.2 Å². The summed E-state index contributed by atoms with van der Waals surface area (Å²) in [6.45, 7) is 9.15. The normalized spacial score (nSPS) is 20.4. The number of amides is 1. The molecule has 92 valence electrons. The first-order valence-corrected chi connectivity index (χ1v) is 5.52. The largest absolute Gasteiger partial charge is 0.375 e. The minimum atomic E-state index is -0.366. The van der Waals surface area contributed by atoms with Crippen molar-refractivity contribution in [3.05, 3.63) is 12.2 Å². The molecule has 1 rings (SSSR count). The Morgan fingerprint density at radius 1 is 1.69 bits per heavy atom. The predicted molar refractivity (Wildman–Crippen MR) is 61.3 cm³/mol. The fourth-order valence-electron chi connectivity index (χ4n) is 1.34. The van der Waals surface area contributed by atoms with Crippen molar-refractivity contribution in [2.24, 2.45) is 0 Å². The van der Waals surface area contributed by atoms with Gasteiger partial charge in [-0.2, -0.15) is 0 Å². The maximum Gasteiger partial charge on any atom is 0.250 e. The Labute approximate surface area is 96.2 Å². The molecule has 16 heavy (non-hydrogen) atoms. The molecule has 1 aliphatic heterocycles. The second-order valence-electron chi connectivity index (χ2n) is 3.86. The first-order chi connectivity index (χ1) is 7.70. The number of carbonyl (C=O) groups is 1. The van der Waals surface area contributed by atoms with E-state index in [2.05, 4.69) is 17.2 Å². The van der Waals surface area contributed by atoms with E-state index in [1.165, 1.54) is 0 Å². The maximum absolute atomic E-state index is 11.5. The average Bonchev–Trinajstić information content (AvgIpc) is 2.29. The van der Waals surface area contributed by atoms with Gasteiger partial charge in [0.15, 0.2) is 0 Å². The minimum Gasteiger partial charge on any atom is -0.375 e. The third-order valence-corrected chi connectivity index (χ3v) is 2.11. The molecule has 1 heterocycles. The third kappa shape index (κ3) is 5.25. The van der Waals surface area contributed by atoms with Gasteiger partial charge in [-0.15, -0.1) is 0 Å². The molecule has 0 aliphatic carbocycles. The van der Waals surface area contributed by atoms with E-state index in [0.29, 0.717) is 32.9 Å². The van der Waals surface area contributed by atoms with E-state index in [4.69, 9.17) is 9.47 Å². The number of ether oxygens (including phenoxy) is 2. The Morgan fingerprint density at radius 2 is 2.50 bits per heavy atom. The lowest BCUT2D eigenvalue weighted by molar-refractivity contribution is -0.134. The zero-order valence-corrected chi connectivity index (χ0v) is 9.75. The van der Waals surface area contributed by atoms with E-state index in [1.807, 2.05) is 6.92 Å². The predicted octanol–water partition coefficient (Wildman–Crippen LogP) is -0.316. The van der Waals surface area contributed by atoms with Gasteiger partial charge in [0.2, 0.25) is 0 Å². The van der Waals surface area contributed by atoms with Crippen LogP contribution in [0, 0.1) is 0 Å². The molecule has 1 unspecified atom stereocenters. The molecular formula is C11H20N2O3. The highest BCUT2D eigenvalue weighted by atomic mass is 16.5. The summed E-state index contributed by atoms with van der Waals surface area (Å²) in [5, 5.41) is 5.87. The lowest BCUT2D eigenvalue weighted by atomic mass is 10.3. The zero-order chi connectivity index (χ0) is 11.8. The van der Waals surface area contributed by atoms with Gasteiger partial charge < -0.3 is 20.1 Å². The maximum atomic E-state index is 11.5. The lowest BCUT2D eigenvalue weighted by Crippen LogP contribution is -2.48. The van der Waals surface area contributed by atoms with Crippen LogP contribution in [0.25, 0.3) is 0 Å². The van der Waals surface area contributed by atoms with Crippen LogP contribution in [0.5, 0.6) is 0 Å². The van der Waals surface area contributed by atoms with Gasteiger partial charge in [0.1, 0.15) is 6.10 Å². The third-order valence-electron chi connectivity index (χ3n) is 2.11. The molecule has 1 amide bonds. The number of nitrogens with one attached hydrogen (secondary N) is 2. The van der Waals surface area contributed by atoms with Crippen LogP contribution in [0.1, 0.15) is 6.92 Å². The zero-order valence-electron chi connectivity index (χ0n) is 9.75. The Morgan fingerprint density at radius 3 is 3.12 bits per heavy atom. The van der Waals surface area contributed by atoms with E-state index >= 15 is 0 Å². The van der Waals surface area contributed by atoms with E-state index in [-0.39, 0.29) is 12.0 Å². The van der Waals surface area contributed by atoms with Crippen LogP contribution in [0.4, 0.5) is 0 Å². The van der Waals surface area contributed by atoms with Crippen LogP contribution >= 0.6 is 0 Å². The molecule has 5 heteroatoms. The van der Waals surface area contributed by atoms with Crippen LogP contribution in [0.2, 0.25) is 0 Å². The molecule has 0 aromatic heterocycles. The molecule has 1 fully saturated rings. The molecule has 0 aromatic carbocycles. The van der Waals surface area contributed by atoms with Crippen LogP contribution in [-0.4, -0.2) is 51.5 Å². The van der Waals surface area contributed by atoms with Crippen molar-refractivity contribution in [2.45, 2.75) is 13.0 Å². The van der Waals surface area contributed by atoms with Gasteiger partial charge in [0, 0.05) is 19.6 Å². The van der Waals surface area contributed by atoms with Crippen molar-refractivity contribution in [3.8, 4) is 0 Å². The second-order valence-corrected chi connectivity index (χ2v) is 3.86. The van der Waals surface area contributed by atoms with Crippen molar-refractivity contribution < 1.29 is 14.3 Å². The summed E-state index contributed by atoms with van der Waals surface area (Å²) in [6, 6.07) is 0. The summed E-state index contributed by atoms with van der Waals surface area (Å²) in [4.78, 5) is 11.5. The minimum absolute atomic E-state index is 0.0777. The summed E-state index contributed by atoms with van der Waals surface area (Å²) in [5.41, 5.74) is 0.978. The van der Waals surface area contributed by atoms with Gasteiger partial charge >= 0.3 is 0 Å². The van der Waals surface area contributed by atoms with Gasteiger partial charge in [-0.05, 0) is 6.92 Å². The average molecular weight is 228 g/mol. The molecule has 0 saturated carbocycles. The van der Waals surface area contributed by atoms with Crippen molar-refractivity contribution in [2.75, 3.05) is 39.5 Å². The van der Waals surface area contributed by atoms with Crippen molar-refractivity contribution in [1.82, 2.24) is 10.6 Å². The number of carbonyl (C=O) groups excluding carboxylic acids is 1. The van der Waals surface area contributed by atoms with Crippen LogP contribution < -0.4 is 10.6 Å². The Bertz CT molecular complexity index is 237. The fourth-order valence-corrected chi connectivity index (χ4v) is 1.34. The molecule has 0 radical (unpaired) electrons. The van der Waals surface area contributed by atoms with E-state index < -0.39 is 0 Å². The van der Waals surface area contributed by atoms with Gasteiger partial charge in [-0.3, -0.25) is 4.79 Å². The molecule has 0 bridgehead atoms. The molecule has 2 N–H and O–H groups in total. The molecule has 0 spiro atoms. The summed E-state index contributed by atoms with van der Waals surface area (Å²) in [6.07, 6.45) is -0.366.